The van der Waals surface area contributed by atoms with Crippen molar-refractivity contribution in [2.24, 2.45) is 0 Å². The molecule has 3 aromatic rings. The molecule has 2 aliphatic carbocycles. The first-order valence-corrected chi connectivity index (χ1v) is 11.4. The normalized spacial score (nSPS) is 17.1. The zero-order chi connectivity index (χ0) is 20.2. The van der Waals surface area contributed by atoms with E-state index in [0.29, 0.717) is 0 Å². The molecule has 142 valence electrons. The lowest BCUT2D eigenvalue weighted by Gasteiger charge is -2.32. The maximum Gasteiger partial charge on any atom is 0.0178 e. The number of benzene rings is 3. The van der Waals surface area contributed by atoms with Gasteiger partial charge in [0.1, 0.15) is 0 Å². The molecule has 0 unspecified atom stereocenters. The zero-order valence-electron chi connectivity index (χ0n) is 17.2. The average molecular weight is 496 g/mol. The molecule has 5 rings (SSSR count). The second kappa shape index (κ2) is 5.61. The second-order valence-electron chi connectivity index (χ2n) is 9.38. The standard InChI is InChI=1S/C26H24Br2/c1-13-14(2)22-18-10-8-16(28)12-20(18)26(5,6)24(22)23-21(13)17-9-7-15(27)11-19(17)25(23,3)4/h7-12H,1-6H3. The van der Waals surface area contributed by atoms with E-state index in [-0.39, 0.29) is 10.8 Å². The van der Waals surface area contributed by atoms with E-state index in [1.807, 2.05) is 0 Å². The van der Waals surface area contributed by atoms with E-state index >= 15 is 0 Å². The highest BCUT2D eigenvalue weighted by molar-refractivity contribution is 9.10. The smallest absolute Gasteiger partial charge is 0.0178 e. The molecule has 0 spiro atoms. The third kappa shape index (κ3) is 2.11. The summed E-state index contributed by atoms with van der Waals surface area (Å²) in [5.41, 5.74) is 14.4. The van der Waals surface area contributed by atoms with Gasteiger partial charge < -0.3 is 0 Å². The summed E-state index contributed by atoms with van der Waals surface area (Å²) in [5, 5.41) is 0. The molecule has 3 aromatic carbocycles. The number of halogens is 2. The van der Waals surface area contributed by atoms with Crippen molar-refractivity contribution in [3.8, 4) is 22.3 Å². The first-order valence-electron chi connectivity index (χ1n) is 9.85. The van der Waals surface area contributed by atoms with Gasteiger partial charge in [0, 0.05) is 19.8 Å². The molecule has 2 aliphatic rings. The van der Waals surface area contributed by atoms with Crippen molar-refractivity contribution < 1.29 is 0 Å². The van der Waals surface area contributed by atoms with Crippen molar-refractivity contribution in [2.45, 2.75) is 52.4 Å². The number of fused-ring (bicyclic) bond motifs is 7. The summed E-state index contributed by atoms with van der Waals surface area (Å²) < 4.78 is 2.31. The van der Waals surface area contributed by atoms with Crippen LogP contribution in [0.4, 0.5) is 0 Å². The highest BCUT2D eigenvalue weighted by Gasteiger charge is 2.47. The van der Waals surface area contributed by atoms with E-state index in [9.17, 15) is 0 Å². The molecule has 0 aromatic heterocycles. The predicted molar refractivity (Wildman–Crippen MR) is 126 cm³/mol. The van der Waals surface area contributed by atoms with Crippen LogP contribution in [-0.4, -0.2) is 0 Å². The zero-order valence-corrected chi connectivity index (χ0v) is 20.4. The Morgan fingerprint density at radius 2 is 0.964 bits per heavy atom. The Labute approximate surface area is 184 Å². The Kier molecular flexibility index (Phi) is 3.73. The van der Waals surface area contributed by atoms with Crippen molar-refractivity contribution in [2.75, 3.05) is 0 Å². The van der Waals surface area contributed by atoms with Crippen LogP contribution < -0.4 is 0 Å². The summed E-state index contributed by atoms with van der Waals surface area (Å²) in [6.07, 6.45) is 0. The van der Waals surface area contributed by atoms with Gasteiger partial charge in [-0.2, -0.15) is 0 Å². The Balaban J connectivity index is 1.98. The maximum absolute atomic E-state index is 3.71. The van der Waals surface area contributed by atoms with Gasteiger partial charge in [0.05, 0.1) is 0 Å². The molecule has 2 heteroatoms. The molecule has 0 bridgehead atoms. The first-order chi connectivity index (χ1) is 13.1. The molecular formula is C26H24Br2. The molecule has 0 nitrogen and oxygen atoms in total. The van der Waals surface area contributed by atoms with Gasteiger partial charge in [0.2, 0.25) is 0 Å². The van der Waals surface area contributed by atoms with Gasteiger partial charge in [-0.3, -0.25) is 0 Å². The SMILES string of the molecule is Cc1c(C)c2c(c3c1-c1ccc(Br)cc1C3(C)C)C(C)(C)c1cc(Br)ccc1-2. The van der Waals surface area contributed by atoms with Crippen LogP contribution in [-0.2, 0) is 10.8 Å². The highest BCUT2D eigenvalue weighted by atomic mass is 79.9. The largest absolute Gasteiger partial charge is 0.0529 e. The van der Waals surface area contributed by atoms with E-state index in [0.717, 1.165) is 8.95 Å². The van der Waals surface area contributed by atoms with Gasteiger partial charge in [-0.15, -0.1) is 0 Å². The van der Waals surface area contributed by atoms with Crippen LogP contribution >= 0.6 is 31.9 Å². The molecule has 0 heterocycles. The van der Waals surface area contributed by atoms with Gasteiger partial charge in [-0.25, -0.2) is 0 Å². The molecular weight excluding hydrogens is 472 g/mol. The van der Waals surface area contributed by atoms with Gasteiger partial charge >= 0.3 is 0 Å². The summed E-state index contributed by atoms with van der Waals surface area (Å²) >= 11 is 7.41. The topological polar surface area (TPSA) is 0 Å². The van der Waals surface area contributed by atoms with Crippen molar-refractivity contribution in [3.63, 3.8) is 0 Å². The average Bonchev–Trinajstić information content (AvgIpc) is 2.98. The Hall–Kier alpha value is -1.38. The third-order valence-corrected chi connectivity index (χ3v) is 8.15. The summed E-state index contributed by atoms with van der Waals surface area (Å²) in [7, 11) is 0. The fourth-order valence-electron chi connectivity index (χ4n) is 5.70. The lowest BCUT2D eigenvalue weighted by molar-refractivity contribution is 0.600. The van der Waals surface area contributed by atoms with Crippen molar-refractivity contribution >= 4 is 31.9 Å². The highest BCUT2D eigenvalue weighted by Crippen LogP contribution is 2.61. The van der Waals surface area contributed by atoms with Crippen LogP contribution in [0.3, 0.4) is 0 Å². The maximum atomic E-state index is 3.71. The molecule has 0 atom stereocenters. The van der Waals surface area contributed by atoms with Crippen LogP contribution in [0.25, 0.3) is 22.3 Å². The number of hydrogen-bond acceptors (Lipinski definition) is 0. The minimum absolute atomic E-state index is 0.0203. The van der Waals surface area contributed by atoms with E-state index in [2.05, 4.69) is 110 Å². The van der Waals surface area contributed by atoms with Gasteiger partial charge in [0.15, 0.2) is 0 Å². The van der Waals surface area contributed by atoms with Crippen LogP contribution in [0.2, 0.25) is 0 Å². The fourth-order valence-corrected chi connectivity index (χ4v) is 6.42. The Morgan fingerprint density at radius 1 is 0.607 bits per heavy atom. The molecule has 0 saturated heterocycles. The van der Waals surface area contributed by atoms with Crippen LogP contribution in [0, 0.1) is 13.8 Å². The van der Waals surface area contributed by atoms with Gasteiger partial charge in [-0.05, 0) is 93.7 Å². The van der Waals surface area contributed by atoms with E-state index < -0.39 is 0 Å². The summed E-state index contributed by atoms with van der Waals surface area (Å²) in [6.45, 7) is 14.2. The quantitative estimate of drug-likeness (QED) is 0.293. The molecule has 0 N–H and O–H groups in total. The molecule has 0 aliphatic heterocycles. The molecule has 0 saturated carbocycles. The minimum Gasteiger partial charge on any atom is -0.0529 e. The van der Waals surface area contributed by atoms with E-state index in [1.165, 1.54) is 55.6 Å². The number of hydrogen-bond donors (Lipinski definition) is 0. The monoisotopic (exact) mass is 494 g/mol. The van der Waals surface area contributed by atoms with Crippen molar-refractivity contribution in [3.05, 3.63) is 78.7 Å². The van der Waals surface area contributed by atoms with E-state index in [1.54, 1.807) is 0 Å². The summed E-state index contributed by atoms with van der Waals surface area (Å²) in [6, 6.07) is 13.6. The van der Waals surface area contributed by atoms with E-state index in [4.69, 9.17) is 0 Å². The lowest BCUT2D eigenvalue weighted by Crippen LogP contribution is -2.24. The number of rotatable bonds is 0. The van der Waals surface area contributed by atoms with Crippen LogP contribution in [0.1, 0.15) is 61.1 Å². The lowest BCUT2D eigenvalue weighted by atomic mass is 9.71. The first kappa shape index (κ1) is 18.6. The molecule has 28 heavy (non-hydrogen) atoms. The molecule has 0 amide bonds. The second-order valence-corrected chi connectivity index (χ2v) is 11.2. The third-order valence-electron chi connectivity index (χ3n) is 7.16. The predicted octanol–water partition coefficient (Wildman–Crippen LogP) is 8.44. The van der Waals surface area contributed by atoms with Gasteiger partial charge in [0.25, 0.3) is 0 Å². The summed E-state index contributed by atoms with van der Waals surface area (Å²) in [5.74, 6) is 0. The molecule has 0 radical (unpaired) electrons. The van der Waals surface area contributed by atoms with Crippen LogP contribution in [0.15, 0.2) is 45.3 Å². The fraction of sp³-hybridized carbons (Fsp3) is 0.308. The summed E-state index contributed by atoms with van der Waals surface area (Å²) in [4.78, 5) is 0. The van der Waals surface area contributed by atoms with Crippen molar-refractivity contribution in [1.82, 2.24) is 0 Å². The Bertz CT molecular complexity index is 1100. The van der Waals surface area contributed by atoms with Crippen molar-refractivity contribution in [1.29, 1.82) is 0 Å². The Morgan fingerprint density at radius 3 is 1.32 bits per heavy atom. The van der Waals surface area contributed by atoms with Gasteiger partial charge in [-0.1, -0.05) is 71.7 Å². The molecule has 0 fully saturated rings. The minimum atomic E-state index is -0.0203. The van der Waals surface area contributed by atoms with Crippen LogP contribution in [0.5, 0.6) is 0 Å².